The van der Waals surface area contributed by atoms with Crippen LogP contribution >= 0.6 is 0 Å². The third-order valence-electron chi connectivity index (χ3n) is 4.88. The van der Waals surface area contributed by atoms with Gasteiger partial charge in [0.1, 0.15) is 13.2 Å². The van der Waals surface area contributed by atoms with Crippen molar-refractivity contribution >= 4 is 11.9 Å². The van der Waals surface area contributed by atoms with E-state index in [1.54, 1.807) is 0 Å². The lowest BCUT2D eigenvalue weighted by molar-refractivity contribution is -0.165. The first-order chi connectivity index (χ1) is 12.7. The topological polar surface area (TPSA) is 52.6 Å². The van der Waals surface area contributed by atoms with Crippen molar-refractivity contribution in [1.29, 1.82) is 0 Å². The molecule has 0 aromatic heterocycles. The Kier molecular flexibility index (Phi) is 4.33. The average Bonchev–Trinajstić information content (AvgIpc) is 3.58. The third kappa shape index (κ3) is 3.27. The number of hydrogen-bond donors (Lipinski definition) is 0. The summed E-state index contributed by atoms with van der Waals surface area (Å²) in [4.78, 5) is 25.5. The largest absolute Gasteiger partial charge is 0.460 e. The fourth-order valence-electron chi connectivity index (χ4n) is 3.18. The lowest BCUT2D eigenvalue weighted by atomic mass is 10.1. The molecule has 2 aliphatic carbocycles. The third-order valence-corrected chi connectivity index (χ3v) is 4.88. The molecule has 0 spiro atoms. The summed E-state index contributed by atoms with van der Waals surface area (Å²) in [5, 5.41) is 0. The molecule has 4 rings (SSSR count). The summed E-state index contributed by atoms with van der Waals surface area (Å²) in [5.41, 5.74) is 2.70. The number of carbonyl (C=O) groups excluding carboxylic acids is 2. The maximum atomic E-state index is 12.7. The van der Waals surface area contributed by atoms with Crippen molar-refractivity contribution in [1.82, 2.24) is 0 Å². The number of hydrogen-bond acceptors (Lipinski definition) is 4. The first-order valence-corrected chi connectivity index (χ1v) is 8.84. The highest BCUT2D eigenvalue weighted by molar-refractivity contribution is 6.09. The van der Waals surface area contributed by atoms with E-state index in [1.807, 2.05) is 60.7 Å². The second kappa shape index (κ2) is 6.79. The zero-order valence-electron chi connectivity index (χ0n) is 14.4. The summed E-state index contributed by atoms with van der Waals surface area (Å²) in [6.07, 6.45) is 2.37. The fourth-order valence-corrected chi connectivity index (χ4v) is 3.18. The predicted molar refractivity (Wildman–Crippen MR) is 95.8 cm³/mol. The van der Waals surface area contributed by atoms with Crippen molar-refractivity contribution in [3.63, 3.8) is 0 Å². The highest BCUT2D eigenvalue weighted by Gasteiger charge is 2.66. The minimum atomic E-state index is -1.21. The molecule has 2 aromatic carbocycles. The fraction of sp³-hybridized carbons (Fsp3) is 0.273. The Balaban J connectivity index is 1.45. The summed E-state index contributed by atoms with van der Waals surface area (Å²) in [6, 6.07) is 18.9. The molecule has 4 nitrogen and oxygen atoms in total. The second-order valence-corrected chi connectivity index (χ2v) is 6.79. The average molecular weight is 348 g/mol. The monoisotopic (exact) mass is 348 g/mol. The van der Waals surface area contributed by atoms with E-state index in [-0.39, 0.29) is 13.2 Å². The van der Waals surface area contributed by atoms with Crippen LogP contribution in [-0.4, -0.2) is 11.9 Å². The number of ether oxygens (including phenoxy) is 2. The number of carbonyl (C=O) groups is 2. The lowest BCUT2D eigenvalue weighted by Crippen LogP contribution is -2.30. The van der Waals surface area contributed by atoms with E-state index in [4.69, 9.17) is 9.47 Å². The highest BCUT2D eigenvalue weighted by Crippen LogP contribution is 2.60. The standard InChI is InChI=1S/C22H20O4/c23-20(25-14-16-7-3-1-4-8-16)22(13-19(22)18-11-12-18)21(24)26-15-17-9-5-2-6-10-17/h1-10H,11-15H2. The molecule has 2 fully saturated rings. The van der Waals surface area contributed by atoms with Crippen molar-refractivity contribution in [3.8, 4) is 0 Å². The van der Waals surface area contributed by atoms with E-state index in [9.17, 15) is 9.59 Å². The van der Waals surface area contributed by atoms with E-state index in [0.29, 0.717) is 6.42 Å². The summed E-state index contributed by atoms with van der Waals surface area (Å²) < 4.78 is 10.9. The Labute approximate surface area is 152 Å². The zero-order valence-corrected chi connectivity index (χ0v) is 14.4. The normalized spacial score (nSPS) is 16.8. The van der Waals surface area contributed by atoms with Gasteiger partial charge in [0.2, 0.25) is 0 Å². The van der Waals surface area contributed by atoms with Crippen molar-refractivity contribution in [2.75, 3.05) is 0 Å². The SMILES string of the molecule is O=C(OCc1ccccc1)C1(C(=O)OCc2ccccc2)CC1=C1CC1. The van der Waals surface area contributed by atoms with Gasteiger partial charge in [0, 0.05) is 6.42 Å². The molecule has 0 radical (unpaired) electrons. The van der Waals surface area contributed by atoms with Gasteiger partial charge in [0.15, 0.2) is 5.41 Å². The Morgan fingerprint density at radius 1 is 0.769 bits per heavy atom. The van der Waals surface area contributed by atoms with Gasteiger partial charge in [-0.15, -0.1) is 0 Å². The maximum Gasteiger partial charge on any atom is 0.328 e. The molecule has 2 aliphatic rings. The summed E-state index contributed by atoms with van der Waals surface area (Å²) in [5.74, 6) is -0.984. The number of benzene rings is 2. The molecule has 0 aliphatic heterocycles. The van der Waals surface area contributed by atoms with Crippen molar-refractivity contribution in [3.05, 3.63) is 82.9 Å². The molecule has 0 saturated heterocycles. The Morgan fingerprint density at radius 3 is 1.65 bits per heavy atom. The van der Waals surface area contributed by atoms with Gasteiger partial charge in [0.05, 0.1) is 0 Å². The van der Waals surface area contributed by atoms with Crippen LogP contribution < -0.4 is 0 Å². The Hall–Kier alpha value is -2.88. The molecule has 2 saturated carbocycles. The highest BCUT2D eigenvalue weighted by atomic mass is 16.6. The van der Waals surface area contributed by atoms with Crippen molar-refractivity contribution in [2.45, 2.75) is 32.5 Å². The number of allylic oxidation sites excluding steroid dienone is 1. The summed E-state index contributed by atoms with van der Waals surface area (Å²) in [6.45, 7) is 0.325. The predicted octanol–water partition coefficient (Wildman–Crippen LogP) is 3.95. The minimum absolute atomic E-state index is 0.163. The van der Waals surface area contributed by atoms with E-state index in [0.717, 1.165) is 29.5 Å². The van der Waals surface area contributed by atoms with Crippen LogP contribution in [0.5, 0.6) is 0 Å². The van der Waals surface area contributed by atoms with Crippen molar-refractivity contribution < 1.29 is 19.1 Å². The van der Waals surface area contributed by atoms with Crippen molar-refractivity contribution in [2.24, 2.45) is 5.41 Å². The smallest absolute Gasteiger partial charge is 0.328 e. The molecule has 0 heterocycles. The summed E-state index contributed by atoms with van der Waals surface area (Å²) in [7, 11) is 0. The molecule has 132 valence electrons. The molecule has 26 heavy (non-hydrogen) atoms. The van der Waals surface area contributed by atoms with Crippen LogP contribution in [0.15, 0.2) is 71.8 Å². The molecular weight excluding hydrogens is 328 g/mol. The Bertz CT molecular complexity index is 791. The molecule has 0 bridgehead atoms. The summed E-state index contributed by atoms with van der Waals surface area (Å²) >= 11 is 0. The second-order valence-electron chi connectivity index (χ2n) is 6.79. The first kappa shape index (κ1) is 16.6. The van der Waals surface area contributed by atoms with Gasteiger partial charge in [-0.05, 0) is 29.5 Å². The van der Waals surface area contributed by atoms with Crippen LogP contribution in [0.25, 0.3) is 0 Å². The van der Waals surface area contributed by atoms with Gasteiger partial charge in [-0.1, -0.05) is 66.2 Å². The molecule has 0 atom stereocenters. The Morgan fingerprint density at radius 2 is 1.23 bits per heavy atom. The van der Waals surface area contributed by atoms with E-state index in [2.05, 4.69) is 0 Å². The van der Waals surface area contributed by atoms with Crippen LogP contribution in [0.4, 0.5) is 0 Å². The van der Waals surface area contributed by atoms with Gasteiger partial charge in [-0.3, -0.25) is 9.59 Å². The van der Waals surface area contributed by atoms with Gasteiger partial charge in [-0.2, -0.15) is 0 Å². The minimum Gasteiger partial charge on any atom is -0.460 e. The van der Waals surface area contributed by atoms with Gasteiger partial charge < -0.3 is 9.47 Å². The molecule has 0 unspecified atom stereocenters. The molecule has 0 N–H and O–H groups in total. The van der Waals surface area contributed by atoms with Gasteiger partial charge in [-0.25, -0.2) is 0 Å². The number of esters is 2. The van der Waals surface area contributed by atoms with E-state index >= 15 is 0 Å². The van der Waals surface area contributed by atoms with Crippen LogP contribution in [0, 0.1) is 5.41 Å². The quantitative estimate of drug-likeness (QED) is 0.450. The van der Waals surface area contributed by atoms with E-state index in [1.165, 1.54) is 5.57 Å². The molecular formula is C22H20O4. The van der Waals surface area contributed by atoms with Crippen LogP contribution in [0.3, 0.4) is 0 Å². The zero-order chi connectivity index (χ0) is 18.0. The van der Waals surface area contributed by atoms with Crippen LogP contribution in [0.2, 0.25) is 0 Å². The molecule has 2 aromatic rings. The number of rotatable bonds is 6. The van der Waals surface area contributed by atoms with Gasteiger partial charge in [0.25, 0.3) is 0 Å². The molecule has 4 heteroatoms. The molecule has 0 amide bonds. The van der Waals surface area contributed by atoms with E-state index < -0.39 is 17.4 Å². The lowest BCUT2D eigenvalue weighted by Gasteiger charge is -2.14. The van der Waals surface area contributed by atoms with Gasteiger partial charge >= 0.3 is 11.9 Å². The van der Waals surface area contributed by atoms with Crippen LogP contribution in [0.1, 0.15) is 30.4 Å². The maximum absolute atomic E-state index is 12.7. The first-order valence-electron chi connectivity index (χ1n) is 8.84. The van der Waals surface area contributed by atoms with Crippen LogP contribution in [-0.2, 0) is 32.3 Å².